The molecule has 4 aromatic carbocycles. The van der Waals surface area contributed by atoms with Gasteiger partial charge in [-0.1, -0.05) is 72.8 Å². The molecule has 2 heterocycles. The normalized spacial score (nSPS) is 19.6. The Kier molecular flexibility index (Phi) is 5.80. The molecule has 0 aromatic heterocycles. The van der Waals surface area contributed by atoms with E-state index >= 15 is 0 Å². The van der Waals surface area contributed by atoms with Crippen LogP contribution in [-0.4, -0.2) is 38.5 Å². The predicted octanol–water partition coefficient (Wildman–Crippen LogP) is 5.87. The highest BCUT2D eigenvalue weighted by Crippen LogP contribution is 2.56. The fourth-order valence-electron chi connectivity index (χ4n) is 6.28. The standard InChI is InChI=1S/C34H30O5/c1-21(35)39-33-14-12-25(16-23(33)18-27-20-38-27)34(24-11-13-32(36-2)22(15-24)17-26-19-37-26)30-9-5-3-7-28(30)29-8-4-6-10-31(29)34/h3-16,26-27H,17-20H2,1-2H3. The number of epoxide rings is 2. The third-order valence-corrected chi connectivity index (χ3v) is 8.11. The van der Waals surface area contributed by atoms with Crippen molar-refractivity contribution in [3.8, 4) is 22.6 Å². The molecule has 5 heteroatoms. The minimum atomic E-state index is -0.563. The van der Waals surface area contributed by atoms with Gasteiger partial charge in [-0.25, -0.2) is 0 Å². The van der Waals surface area contributed by atoms with Gasteiger partial charge in [-0.3, -0.25) is 4.79 Å². The van der Waals surface area contributed by atoms with Gasteiger partial charge in [0.15, 0.2) is 0 Å². The van der Waals surface area contributed by atoms with Crippen molar-refractivity contribution in [1.82, 2.24) is 0 Å². The van der Waals surface area contributed by atoms with Crippen LogP contribution in [0.15, 0.2) is 84.9 Å². The van der Waals surface area contributed by atoms with Crippen LogP contribution in [0.5, 0.6) is 11.5 Å². The number of ether oxygens (including phenoxy) is 4. The highest BCUT2D eigenvalue weighted by molar-refractivity contribution is 5.86. The molecule has 5 nitrogen and oxygen atoms in total. The first-order valence-corrected chi connectivity index (χ1v) is 13.5. The predicted molar refractivity (Wildman–Crippen MR) is 148 cm³/mol. The maximum Gasteiger partial charge on any atom is 0.308 e. The van der Waals surface area contributed by atoms with Gasteiger partial charge >= 0.3 is 5.97 Å². The molecule has 2 saturated heterocycles. The summed E-state index contributed by atoms with van der Waals surface area (Å²) >= 11 is 0. The summed E-state index contributed by atoms with van der Waals surface area (Å²) in [6.45, 7) is 2.96. The lowest BCUT2D eigenvalue weighted by atomic mass is 9.67. The van der Waals surface area contributed by atoms with Gasteiger partial charge in [-0.2, -0.15) is 0 Å². The van der Waals surface area contributed by atoms with E-state index < -0.39 is 5.41 Å². The lowest BCUT2D eigenvalue weighted by Gasteiger charge is -2.35. The van der Waals surface area contributed by atoms with Gasteiger partial charge in [-0.15, -0.1) is 0 Å². The van der Waals surface area contributed by atoms with E-state index in [1.54, 1.807) is 7.11 Å². The maximum absolute atomic E-state index is 11.9. The zero-order chi connectivity index (χ0) is 26.6. The maximum atomic E-state index is 11.9. The van der Waals surface area contributed by atoms with Gasteiger partial charge in [0.05, 0.1) is 37.9 Å². The van der Waals surface area contributed by atoms with E-state index in [1.807, 2.05) is 6.07 Å². The van der Waals surface area contributed by atoms with Crippen LogP contribution in [-0.2, 0) is 32.5 Å². The molecule has 39 heavy (non-hydrogen) atoms. The summed E-state index contributed by atoms with van der Waals surface area (Å²) in [6.07, 6.45) is 1.90. The van der Waals surface area contributed by atoms with Crippen molar-refractivity contribution < 1.29 is 23.7 Å². The molecule has 0 N–H and O–H groups in total. The van der Waals surface area contributed by atoms with Gasteiger partial charge < -0.3 is 18.9 Å². The number of esters is 1. The molecular formula is C34H30O5. The van der Waals surface area contributed by atoms with Crippen molar-refractivity contribution in [2.75, 3.05) is 20.3 Å². The number of hydrogen-bond acceptors (Lipinski definition) is 5. The molecular weight excluding hydrogens is 488 g/mol. The topological polar surface area (TPSA) is 60.6 Å². The number of carbonyl (C=O) groups excluding carboxylic acids is 1. The summed E-state index contributed by atoms with van der Waals surface area (Å²) < 4.78 is 22.6. The number of methoxy groups -OCH3 is 1. The summed E-state index contributed by atoms with van der Waals surface area (Å²) in [5.41, 5.74) is 8.79. The monoisotopic (exact) mass is 518 g/mol. The molecule has 0 amide bonds. The summed E-state index contributed by atoms with van der Waals surface area (Å²) in [4.78, 5) is 11.9. The minimum Gasteiger partial charge on any atom is -0.496 e. The second-order valence-corrected chi connectivity index (χ2v) is 10.6. The Morgan fingerprint density at radius 2 is 1.26 bits per heavy atom. The first kappa shape index (κ1) is 24.1. The lowest BCUT2D eigenvalue weighted by Crippen LogP contribution is -2.29. The second-order valence-electron chi connectivity index (χ2n) is 10.6. The van der Waals surface area contributed by atoms with Crippen LogP contribution in [0, 0.1) is 0 Å². The van der Waals surface area contributed by atoms with E-state index in [0.717, 1.165) is 42.1 Å². The average Bonchev–Trinajstić information content (AvgIpc) is 3.89. The number of hydrogen-bond donors (Lipinski definition) is 0. The number of benzene rings is 4. The van der Waals surface area contributed by atoms with Crippen LogP contribution >= 0.6 is 0 Å². The van der Waals surface area contributed by atoms with Crippen molar-refractivity contribution in [3.05, 3.63) is 118 Å². The Bertz CT molecular complexity index is 1540. The number of rotatable bonds is 8. The third-order valence-electron chi connectivity index (χ3n) is 8.11. The number of carbonyl (C=O) groups is 1. The molecule has 0 saturated carbocycles. The molecule has 196 valence electrons. The second kappa shape index (κ2) is 9.37. The molecule has 0 bridgehead atoms. The summed E-state index contributed by atoms with van der Waals surface area (Å²) in [7, 11) is 1.72. The zero-order valence-corrected chi connectivity index (χ0v) is 22.1. The molecule has 0 spiro atoms. The number of fused-ring (bicyclic) bond motifs is 3. The van der Waals surface area contributed by atoms with Crippen LogP contribution in [0.25, 0.3) is 11.1 Å². The van der Waals surface area contributed by atoms with Crippen LogP contribution < -0.4 is 9.47 Å². The molecule has 2 aliphatic heterocycles. The SMILES string of the molecule is COc1ccc(C2(c3ccc(OC(C)=O)c(CC4CO4)c3)c3ccccc3-c3ccccc32)cc1CC1CO1. The summed E-state index contributed by atoms with van der Waals surface area (Å²) in [5.74, 6) is 1.15. The van der Waals surface area contributed by atoms with Crippen molar-refractivity contribution in [1.29, 1.82) is 0 Å². The molecule has 2 atom stereocenters. The first-order valence-electron chi connectivity index (χ1n) is 13.5. The molecule has 7 rings (SSSR count). The molecule has 1 aliphatic carbocycles. The Morgan fingerprint density at radius 3 is 1.74 bits per heavy atom. The molecule has 3 aliphatic rings. The van der Waals surface area contributed by atoms with Gasteiger partial charge in [0.25, 0.3) is 0 Å². The minimum absolute atomic E-state index is 0.153. The van der Waals surface area contributed by atoms with Crippen molar-refractivity contribution >= 4 is 5.97 Å². The Labute approximate surface area is 228 Å². The molecule has 0 radical (unpaired) electrons. The highest BCUT2D eigenvalue weighted by Gasteiger charge is 2.46. The van der Waals surface area contributed by atoms with Gasteiger partial charge in [0, 0.05) is 19.8 Å². The van der Waals surface area contributed by atoms with E-state index in [9.17, 15) is 4.79 Å². The van der Waals surface area contributed by atoms with E-state index in [4.69, 9.17) is 18.9 Å². The highest BCUT2D eigenvalue weighted by atomic mass is 16.6. The van der Waals surface area contributed by atoms with E-state index in [-0.39, 0.29) is 18.2 Å². The lowest BCUT2D eigenvalue weighted by molar-refractivity contribution is -0.131. The van der Waals surface area contributed by atoms with Crippen molar-refractivity contribution in [3.63, 3.8) is 0 Å². The summed E-state index contributed by atoms with van der Waals surface area (Å²) in [5, 5.41) is 0. The third kappa shape index (κ3) is 4.13. The van der Waals surface area contributed by atoms with Crippen molar-refractivity contribution in [2.24, 2.45) is 0 Å². The van der Waals surface area contributed by atoms with Crippen LogP contribution in [0.1, 0.15) is 40.3 Å². The molecule has 2 unspecified atom stereocenters. The fraction of sp³-hybridized carbons (Fsp3) is 0.265. The van der Waals surface area contributed by atoms with Gasteiger partial charge in [0.2, 0.25) is 0 Å². The van der Waals surface area contributed by atoms with E-state index in [1.165, 1.54) is 34.7 Å². The van der Waals surface area contributed by atoms with Crippen molar-refractivity contribution in [2.45, 2.75) is 37.4 Å². The smallest absolute Gasteiger partial charge is 0.308 e. The van der Waals surface area contributed by atoms with Crippen LogP contribution in [0.4, 0.5) is 0 Å². The molecule has 4 aromatic rings. The van der Waals surface area contributed by atoms with Crippen LogP contribution in [0.3, 0.4) is 0 Å². The van der Waals surface area contributed by atoms with Crippen LogP contribution in [0.2, 0.25) is 0 Å². The van der Waals surface area contributed by atoms with E-state index in [2.05, 4.69) is 78.9 Å². The van der Waals surface area contributed by atoms with E-state index in [0.29, 0.717) is 12.2 Å². The van der Waals surface area contributed by atoms with Gasteiger partial charge in [-0.05, 0) is 56.6 Å². The Balaban J connectivity index is 1.51. The Morgan fingerprint density at radius 1 is 0.769 bits per heavy atom. The fourth-order valence-corrected chi connectivity index (χ4v) is 6.28. The average molecular weight is 519 g/mol. The largest absolute Gasteiger partial charge is 0.496 e. The quantitative estimate of drug-likeness (QED) is 0.146. The zero-order valence-electron chi connectivity index (χ0n) is 22.1. The van der Waals surface area contributed by atoms with Gasteiger partial charge in [0.1, 0.15) is 11.5 Å². The Hall–Kier alpha value is -3.93. The first-order chi connectivity index (χ1) is 19.1. The molecule has 2 fully saturated rings. The summed E-state index contributed by atoms with van der Waals surface area (Å²) in [6, 6.07) is 30.2.